The first-order chi connectivity index (χ1) is 7.74. The van der Waals surface area contributed by atoms with Crippen molar-refractivity contribution in [3.63, 3.8) is 0 Å². The van der Waals surface area contributed by atoms with E-state index < -0.39 is 0 Å². The van der Waals surface area contributed by atoms with Crippen molar-refractivity contribution in [1.82, 2.24) is 5.32 Å². The maximum Gasteiger partial charge on any atom is 0.232 e. The minimum absolute atomic E-state index is 0.000411. The van der Waals surface area contributed by atoms with E-state index in [0.29, 0.717) is 25.3 Å². The Morgan fingerprint density at radius 1 is 1.50 bits per heavy atom. The summed E-state index contributed by atoms with van der Waals surface area (Å²) in [5.41, 5.74) is 0.377. The highest BCUT2D eigenvalue weighted by atomic mass is 19.1. The van der Waals surface area contributed by atoms with Gasteiger partial charge in [-0.2, -0.15) is 0 Å². The van der Waals surface area contributed by atoms with Gasteiger partial charge in [-0.25, -0.2) is 4.39 Å². The number of rotatable bonds is 3. The molecular formula is C12H15FN2O. The van der Waals surface area contributed by atoms with E-state index in [-0.39, 0.29) is 17.6 Å². The van der Waals surface area contributed by atoms with Gasteiger partial charge in [0.05, 0.1) is 11.6 Å². The number of hydrogen-bond acceptors (Lipinski definition) is 2. The zero-order valence-electron chi connectivity index (χ0n) is 9.24. The smallest absolute Gasteiger partial charge is 0.232 e. The highest BCUT2D eigenvalue weighted by Gasteiger charge is 2.30. The molecule has 1 amide bonds. The van der Waals surface area contributed by atoms with Crippen LogP contribution in [0.4, 0.5) is 10.1 Å². The van der Waals surface area contributed by atoms with E-state index in [9.17, 15) is 9.18 Å². The number of nitrogens with one attached hydrogen (secondary N) is 1. The summed E-state index contributed by atoms with van der Waals surface area (Å²) >= 11 is 0. The van der Waals surface area contributed by atoms with Crippen molar-refractivity contribution >= 4 is 11.6 Å². The molecule has 0 atom stereocenters. The Kier molecular flexibility index (Phi) is 3.19. The number of carbonyl (C=O) groups excluding carboxylic acids is 1. The van der Waals surface area contributed by atoms with Crippen LogP contribution in [0.5, 0.6) is 0 Å². The quantitative estimate of drug-likeness (QED) is 0.838. The molecule has 1 aromatic rings. The third-order valence-corrected chi connectivity index (χ3v) is 2.86. The van der Waals surface area contributed by atoms with Crippen molar-refractivity contribution in [2.24, 2.45) is 5.92 Å². The Balaban J connectivity index is 2.21. The van der Waals surface area contributed by atoms with E-state index in [1.54, 1.807) is 18.2 Å². The highest BCUT2D eigenvalue weighted by molar-refractivity contribution is 5.95. The van der Waals surface area contributed by atoms with Gasteiger partial charge in [0.15, 0.2) is 0 Å². The minimum atomic E-state index is -0.343. The molecule has 0 aromatic heterocycles. The number of benzene rings is 1. The van der Waals surface area contributed by atoms with Crippen LogP contribution in [0, 0.1) is 11.7 Å². The summed E-state index contributed by atoms with van der Waals surface area (Å²) in [6, 6.07) is 6.39. The number of hydrogen-bond donors (Lipinski definition) is 1. The monoisotopic (exact) mass is 222 g/mol. The molecular weight excluding hydrogens is 207 g/mol. The lowest BCUT2D eigenvalue weighted by atomic mass is 10.0. The van der Waals surface area contributed by atoms with Gasteiger partial charge in [-0.1, -0.05) is 12.1 Å². The fraction of sp³-hybridized carbons (Fsp3) is 0.417. The summed E-state index contributed by atoms with van der Waals surface area (Å²) in [6.07, 6.45) is 0. The van der Waals surface area contributed by atoms with Gasteiger partial charge in [0.25, 0.3) is 0 Å². The molecule has 0 aliphatic carbocycles. The summed E-state index contributed by atoms with van der Waals surface area (Å²) in [5, 5.41) is 3.05. The van der Waals surface area contributed by atoms with Crippen LogP contribution in [-0.2, 0) is 4.79 Å². The van der Waals surface area contributed by atoms with Crippen LogP contribution in [0.1, 0.15) is 6.92 Å². The van der Waals surface area contributed by atoms with Crippen LogP contribution in [0.2, 0.25) is 0 Å². The Hall–Kier alpha value is -1.42. The number of para-hydroxylation sites is 1. The lowest BCUT2D eigenvalue weighted by Gasteiger charge is -2.32. The van der Waals surface area contributed by atoms with Gasteiger partial charge in [0.1, 0.15) is 5.82 Å². The Labute approximate surface area is 94.3 Å². The van der Waals surface area contributed by atoms with Crippen LogP contribution in [0.15, 0.2) is 24.3 Å². The molecule has 1 heterocycles. The molecule has 0 saturated carbocycles. The molecule has 2 rings (SSSR count). The van der Waals surface area contributed by atoms with Crippen LogP contribution in [0.25, 0.3) is 0 Å². The largest absolute Gasteiger partial charge is 0.315 e. The topological polar surface area (TPSA) is 32.3 Å². The van der Waals surface area contributed by atoms with Gasteiger partial charge in [0, 0.05) is 19.6 Å². The van der Waals surface area contributed by atoms with Gasteiger partial charge in [-0.15, -0.1) is 0 Å². The number of halogens is 1. The molecule has 16 heavy (non-hydrogen) atoms. The first kappa shape index (κ1) is 11.1. The molecule has 1 aromatic carbocycles. The molecule has 86 valence electrons. The van der Waals surface area contributed by atoms with Gasteiger partial charge in [-0.3, -0.25) is 4.79 Å². The zero-order chi connectivity index (χ0) is 11.5. The summed E-state index contributed by atoms with van der Waals surface area (Å²) < 4.78 is 13.6. The van der Waals surface area contributed by atoms with Crippen LogP contribution >= 0.6 is 0 Å². The Morgan fingerprint density at radius 2 is 2.19 bits per heavy atom. The molecule has 4 heteroatoms. The molecule has 1 N–H and O–H groups in total. The van der Waals surface area contributed by atoms with Crippen LogP contribution < -0.4 is 10.2 Å². The van der Waals surface area contributed by atoms with E-state index in [1.165, 1.54) is 11.0 Å². The summed E-state index contributed by atoms with van der Waals surface area (Å²) in [5.74, 6) is -0.337. The highest BCUT2D eigenvalue weighted by Crippen LogP contribution is 2.21. The van der Waals surface area contributed by atoms with E-state index in [4.69, 9.17) is 0 Å². The lowest BCUT2D eigenvalue weighted by Crippen LogP contribution is -2.52. The average Bonchev–Trinajstić information content (AvgIpc) is 2.19. The van der Waals surface area contributed by atoms with Crippen molar-refractivity contribution in [1.29, 1.82) is 0 Å². The SMILES string of the molecule is CCN(C(=O)C1CNC1)c1ccccc1F. The predicted molar refractivity (Wildman–Crippen MR) is 60.8 cm³/mol. The molecule has 1 aliphatic rings. The maximum absolute atomic E-state index is 13.6. The minimum Gasteiger partial charge on any atom is -0.315 e. The van der Waals surface area contributed by atoms with Crippen molar-refractivity contribution in [2.75, 3.05) is 24.5 Å². The number of carbonyl (C=O) groups is 1. The van der Waals surface area contributed by atoms with Crippen molar-refractivity contribution in [3.05, 3.63) is 30.1 Å². The van der Waals surface area contributed by atoms with Crippen molar-refractivity contribution in [3.8, 4) is 0 Å². The van der Waals surface area contributed by atoms with Gasteiger partial charge in [-0.05, 0) is 19.1 Å². The Bertz CT molecular complexity index is 390. The van der Waals surface area contributed by atoms with Gasteiger partial charge < -0.3 is 10.2 Å². The first-order valence-electron chi connectivity index (χ1n) is 5.50. The van der Waals surface area contributed by atoms with E-state index >= 15 is 0 Å². The molecule has 1 saturated heterocycles. The predicted octanol–water partition coefficient (Wildman–Crippen LogP) is 1.40. The normalized spacial score (nSPS) is 15.6. The van der Waals surface area contributed by atoms with Crippen molar-refractivity contribution in [2.45, 2.75) is 6.92 Å². The molecule has 0 spiro atoms. The first-order valence-corrected chi connectivity index (χ1v) is 5.50. The Morgan fingerprint density at radius 3 is 2.69 bits per heavy atom. The van der Waals surface area contributed by atoms with Gasteiger partial charge >= 0.3 is 0 Å². The second-order valence-corrected chi connectivity index (χ2v) is 3.89. The van der Waals surface area contributed by atoms with E-state index in [0.717, 1.165) is 0 Å². The van der Waals surface area contributed by atoms with Gasteiger partial charge in [0.2, 0.25) is 5.91 Å². The van der Waals surface area contributed by atoms with Crippen LogP contribution in [-0.4, -0.2) is 25.5 Å². The van der Waals surface area contributed by atoms with E-state index in [2.05, 4.69) is 5.32 Å². The third-order valence-electron chi connectivity index (χ3n) is 2.86. The standard InChI is InChI=1S/C12H15FN2O/c1-2-15(12(16)9-7-14-8-9)11-6-4-3-5-10(11)13/h3-6,9,14H,2,7-8H2,1H3. The number of anilines is 1. The maximum atomic E-state index is 13.6. The molecule has 1 aliphatic heterocycles. The summed E-state index contributed by atoms with van der Waals surface area (Å²) in [6.45, 7) is 3.75. The average molecular weight is 222 g/mol. The van der Waals surface area contributed by atoms with Crippen molar-refractivity contribution < 1.29 is 9.18 Å². The molecule has 0 unspecified atom stereocenters. The third kappa shape index (κ3) is 1.93. The number of amides is 1. The van der Waals surface area contributed by atoms with Crippen LogP contribution in [0.3, 0.4) is 0 Å². The summed E-state index contributed by atoms with van der Waals surface area (Å²) in [7, 11) is 0. The molecule has 3 nitrogen and oxygen atoms in total. The fourth-order valence-electron chi connectivity index (χ4n) is 1.80. The molecule has 0 radical (unpaired) electrons. The number of nitrogens with zero attached hydrogens (tertiary/aromatic N) is 1. The van der Waals surface area contributed by atoms with E-state index in [1.807, 2.05) is 6.92 Å². The fourth-order valence-corrected chi connectivity index (χ4v) is 1.80. The summed E-state index contributed by atoms with van der Waals surface area (Å²) in [4.78, 5) is 13.5. The second kappa shape index (κ2) is 4.61. The molecule has 0 bridgehead atoms. The zero-order valence-corrected chi connectivity index (χ0v) is 9.24. The lowest BCUT2D eigenvalue weighted by molar-refractivity contribution is -0.123. The molecule has 1 fully saturated rings. The second-order valence-electron chi connectivity index (χ2n) is 3.89.